The highest BCUT2D eigenvalue weighted by molar-refractivity contribution is 4.97. The molecule has 0 aromatic carbocycles. The van der Waals surface area contributed by atoms with Crippen LogP contribution in [0.4, 0.5) is 0 Å². The minimum atomic E-state index is 0.362. The normalized spacial score (nSPS) is 31.2. The molecule has 0 radical (unpaired) electrons. The number of aliphatic hydroxyl groups is 1. The second-order valence-corrected chi connectivity index (χ2v) is 5.33. The van der Waals surface area contributed by atoms with E-state index in [9.17, 15) is 5.11 Å². The number of likely N-dealkylation sites (tertiary alicyclic amines) is 1. The smallest absolute Gasteiger partial charge is 0.0477 e. The molecule has 1 heterocycles. The first-order chi connectivity index (χ1) is 7.30. The Kier molecular flexibility index (Phi) is 3.65. The summed E-state index contributed by atoms with van der Waals surface area (Å²) in [5.74, 6) is 0.504. The van der Waals surface area contributed by atoms with Gasteiger partial charge in [0.1, 0.15) is 0 Å². The van der Waals surface area contributed by atoms with Crippen molar-refractivity contribution in [3.63, 3.8) is 0 Å². The van der Waals surface area contributed by atoms with Crippen LogP contribution < -0.4 is 5.73 Å². The lowest BCUT2D eigenvalue weighted by molar-refractivity contribution is 0.0917. The molecule has 1 saturated heterocycles. The van der Waals surface area contributed by atoms with Crippen molar-refractivity contribution in [3.05, 3.63) is 0 Å². The second-order valence-electron chi connectivity index (χ2n) is 5.33. The van der Waals surface area contributed by atoms with Crippen LogP contribution in [0.2, 0.25) is 0 Å². The van der Waals surface area contributed by atoms with Gasteiger partial charge in [-0.2, -0.15) is 0 Å². The summed E-state index contributed by atoms with van der Waals surface area (Å²) in [5.41, 5.74) is 6.04. The number of rotatable bonds is 3. The summed E-state index contributed by atoms with van der Waals surface area (Å²) in [7, 11) is 0. The largest absolute Gasteiger partial charge is 0.396 e. The van der Waals surface area contributed by atoms with Gasteiger partial charge in [-0.15, -0.1) is 0 Å². The van der Waals surface area contributed by atoms with E-state index in [-0.39, 0.29) is 0 Å². The first kappa shape index (κ1) is 11.4. The average Bonchev–Trinajstić information content (AvgIpc) is 2.58. The van der Waals surface area contributed by atoms with Gasteiger partial charge in [-0.25, -0.2) is 0 Å². The van der Waals surface area contributed by atoms with Gasteiger partial charge in [-0.1, -0.05) is 19.3 Å². The van der Waals surface area contributed by atoms with Crippen LogP contribution in [-0.4, -0.2) is 42.8 Å². The van der Waals surface area contributed by atoms with Crippen LogP contribution in [0.15, 0.2) is 0 Å². The van der Waals surface area contributed by atoms with Crippen LogP contribution in [-0.2, 0) is 0 Å². The Morgan fingerprint density at radius 3 is 2.60 bits per heavy atom. The van der Waals surface area contributed by atoms with Crippen molar-refractivity contribution < 1.29 is 5.11 Å². The number of nitrogens with zero attached hydrogens (tertiary/aromatic N) is 1. The summed E-state index contributed by atoms with van der Waals surface area (Å²) in [4.78, 5) is 2.45. The minimum Gasteiger partial charge on any atom is -0.396 e. The molecule has 0 amide bonds. The maximum Gasteiger partial charge on any atom is 0.0477 e. The van der Waals surface area contributed by atoms with Crippen LogP contribution in [0.1, 0.15) is 32.1 Å². The van der Waals surface area contributed by atoms with Crippen LogP contribution in [0.25, 0.3) is 0 Å². The fourth-order valence-electron chi connectivity index (χ4n) is 3.57. The van der Waals surface area contributed by atoms with Crippen molar-refractivity contribution in [1.82, 2.24) is 4.90 Å². The SMILES string of the molecule is NCCN1C[C@H](CO)C2(CCCCC2)C1. The number of nitrogens with two attached hydrogens (primary N) is 1. The average molecular weight is 212 g/mol. The molecule has 1 aliphatic carbocycles. The number of hydrogen-bond donors (Lipinski definition) is 2. The number of hydrogen-bond acceptors (Lipinski definition) is 3. The van der Waals surface area contributed by atoms with Gasteiger partial charge in [0.2, 0.25) is 0 Å². The maximum absolute atomic E-state index is 9.51. The quantitative estimate of drug-likeness (QED) is 0.728. The van der Waals surface area contributed by atoms with Crippen molar-refractivity contribution in [1.29, 1.82) is 0 Å². The molecule has 2 rings (SSSR count). The lowest BCUT2D eigenvalue weighted by Gasteiger charge is -2.37. The van der Waals surface area contributed by atoms with E-state index in [0.29, 0.717) is 17.9 Å². The van der Waals surface area contributed by atoms with E-state index in [0.717, 1.165) is 19.6 Å². The zero-order valence-electron chi connectivity index (χ0n) is 9.62. The third-order valence-corrected chi connectivity index (χ3v) is 4.40. The molecular formula is C12H24N2O. The Morgan fingerprint density at radius 1 is 1.27 bits per heavy atom. The van der Waals surface area contributed by atoms with Crippen molar-refractivity contribution in [3.8, 4) is 0 Å². The standard InChI is InChI=1S/C12H24N2O/c13-6-7-14-8-11(9-15)12(10-14)4-2-1-3-5-12/h11,15H,1-10,13H2/t11-/m1/s1. The van der Waals surface area contributed by atoms with Crippen LogP contribution in [0.5, 0.6) is 0 Å². The van der Waals surface area contributed by atoms with Crippen LogP contribution in [0, 0.1) is 11.3 Å². The highest BCUT2D eigenvalue weighted by atomic mass is 16.3. The van der Waals surface area contributed by atoms with Gasteiger partial charge >= 0.3 is 0 Å². The Morgan fingerprint density at radius 2 is 2.00 bits per heavy atom. The summed E-state index contributed by atoms with van der Waals surface area (Å²) in [6.45, 7) is 4.34. The molecular weight excluding hydrogens is 188 g/mol. The summed E-state index contributed by atoms with van der Waals surface area (Å²) >= 11 is 0. The van der Waals surface area contributed by atoms with Gasteiger partial charge in [-0.3, -0.25) is 0 Å². The summed E-state index contributed by atoms with van der Waals surface area (Å²) in [6.07, 6.45) is 6.73. The lowest BCUT2D eigenvalue weighted by atomic mass is 9.68. The van der Waals surface area contributed by atoms with E-state index < -0.39 is 0 Å². The van der Waals surface area contributed by atoms with Crippen molar-refractivity contribution in [2.24, 2.45) is 17.1 Å². The Bertz CT molecular complexity index is 202. The van der Waals surface area contributed by atoms with E-state index in [1.165, 1.54) is 38.6 Å². The van der Waals surface area contributed by atoms with Crippen molar-refractivity contribution in [2.75, 3.05) is 32.8 Å². The van der Waals surface area contributed by atoms with Gasteiger partial charge in [-0.05, 0) is 18.3 Å². The maximum atomic E-state index is 9.51. The fraction of sp³-hybridized carbons (Fsp3) is 1.00. The zero-order valence-corrected chi connectivity index (χ0v) is 9.62. The zero-order chi connectivity index (χ0) is 10.7. The summed E-state index contributed by atoms with van der Waals surface area (Å²) in [5, 5.41) is 9.51. The third kappa shape index (κ3) is 2.19. The molecule has 0 aromatic rings. The van der Waals surface area contributed by atoms with Crippen molar-refractivity contribution in [2.45, 2.75) is 32.1 Å². The Hall–Kier alpha value is -0.120. The first-order valence-corrected chi connectivity index (χ1v) is 6.34. The lowest BCUT2D eigenvalue weighted by Crippen LogP contribution is -2.35. The molecule has 1 spiro atoms. The van der Waals surface area contributed by atoms with Crippen LogP contribution >= 0.6 is 0 Å². The molecule has 2 aliphatic rings. The summed E-state index contributed by atoms with van der Waals surface area (Å²) in [6, 6.07) is 0. The molecule has 3 heteroatoms. The topological polar surface area (TPSA) is 49.5 Å². The van der Waals surface area contributed by atoms with Gasteiger partial charge < -0.3 is 15.7 Å². The van der Waals surface area contributed by atoms with E-state index >= 15 is 0 Å². The van der Waals surface area contributed by atoms with Gasteiger partial charge in [0.05, 0.1) is 0 Å². The first-order valence-electron chi connectivity index (χ1n) is 6.34. The molecule has 1 saturated carbocycles. The monoisotopic (exact) mass is 212 g/mol. The fourth-order valence-corrected chi connectivity index (χ4v) is 3.57. The molecule has 1 atom stereocenters. The third-order valence-electron chi connectivity index (χ3n) is 4.40. The molecule has 15 heavy (non-hydrogen) atoms. The van der Waals surface area contributed by atoms with Crippen LogP contribution in [0.3, 0.4) is 0 Å². The minimum absolute atomic E-state index is 0.362. The molecule has 1 aliphatic heterocycles. The molecule has 3 N–H and O–H groups in total. The van der Waals surface area contributed by atoms with E-state index in [1.807, 2.05) is 0 Å². The molecule has 88 valence electrons. The summed E-state index contributed by atoms with van der Waals surface area (Å²) < 4.78 is 0. The van der Waals surface area contributed by atoms with E-state index in [1.54, 1.807) is 0 Å². The predicted molar refractivity (Wildman–Crippen MR) is 61.6 cm³/mol. The Balaban J connectivity index is 2.02. The van der Waals surface area contributed by atoms with Gasteiger partial charge in [0, 0.05) is 38.7 Å². The molecule has 0 bridgehead atoms. The second kappa shape index (κ2) is 4.81. The van der Waals surface area contributed by atoms with Crippen molar-refractivity contribution >= 4 is 0 Å². The predicted octanol–water partition coefficient (Wildman–Crippen LogP) is 0.820. The van der Waals surface area contributed by atoms with Gasteiger partial charge in [0.15, 0.2) is 0 Å². The highest BCUT2D eigenvalue weighted by Crippen LogP contribution is 2.47. The van der Waals surface area contributed by atoms with E-state index in [4.69, 9.17) is 5.73 Å². The van der Waals surface area contributed by atoms with Gasteiger partial charge in [0.25, 0.3) is 0 Å². The molecule has 2 fully saturated rings. The highest BCUT2D eigenvalue weighted by Gasteiger charge is 2.45. The van der Waals surface area contributed by atoms with E-state index in [2.05, 4.69) is 4.90 Å². The molecule has 0 unspecified atom stereocenters. The Labute approximate surface area is 92.6 Å². The molecule has 0 aromatic heterocycles. The number of aliphatic hydroxyl groups excluding tert-OH is 1. The molecule has 3 nitrogen and oxygen atoms in total.